The van der Waals surface area contributed by atoms with Gasteiger partial charge in [-0.2, -0.15) is 0 Å². The predicted octanol–water partition coefficient (Wildman–Crippen LogP) is 1.66. The van der Waals surface area contributed by atoms with Crippen molar-refractivity contribution in [2.45, 2.75) is 45.8 Å². The van der Waals surface area contributed by atoms with Crippen molar-refractivity contribution in [1.82, 2.24) is 0 Å². The van der Waals surface area contributed by atoms with E-state index >= 15 is 0 Å². The molecule has 3 nitrogen and oxygen atoms in total. The summed E-state index contributed by atoms with van der Waals surface area (Å²) in [4.78, 5) is 10.5. The molecule has 11 heavy (non-hydrogen) atoms. The molecule has 0 aliphatic carbocycles. The van der Waals surface area contributed by atoms with Crippen molar-refractivity contribution in [1.29, 1.82) is 0 Å². The van der Waals surface area contributed by atoms with E-state index in [0.717, 1.165) is 0 Å². The van der Waals surface area contributed by atoms with Crippen LogP contribution in [0.3, 0.4) is 0 Å². The second kappa shape index (κ2) is 3.72. The third kappa shape index (κ3) is 4.79. The number of carboxylic acid groups (broad SMARTS) is 1. The van der Waals surface area contributed by atoms with E-state index in [1.807, 2.05) is 20.8 Å². The second-order valence-corrected chi connectivity index (χ2v) is 3.47. The van der Waals surface area contributed by atoms with Crippen LogP contribution in [-0.2, 0) is 9.53 Å². The Hall–Kier alpha value is -0.570. The minimum atomic E-state index is -0.887. The maximum Gasteiger partial charge on any atom is 0.332 e. The topological polar surface area (TPSA) is 46.5 Å². The molecule has 0 aliphatic rings. The molecule has 3 heteroatoms. The lowest BCUT2D eigenvalue weighted by atomic mass is 10.1. The van der Waals surface area contributed by atoms with Crippen molar-refractivity contribution in [3.05, 3.63) is 0 Å². The lowest BCUT2D eigenvalue weighted by Gasteiger charge is -2.23. The fourth-order valence-corrected chi connectivity index (χ4v) is 0.735. The fourth-order valence-electron chi connectivity index (χ4n) is 0.735. The lowest BCUT2D eigenvalue weighted by Crippen LogP contribution is -2.32. The van der Waals surface area contributed by atoms with Gasteiger partial charge >= 0.3 is 5.97 Å². The van der Waals surface area contributed by atoms with Crippen molar-refractivity contribution in [2.24, 2.45) is 0 Å². The molecule has 0 aromatic carbocycles. The zero-order chi connectivity index (χ0) is 9.07. The van der Waals surface area contributed by atoms with Crippen LogP contribution in [0.15, 0.2) is 0 Å². The Balaban J connectivity index is 3.99. The third-order valence-corrected chi connectivity index (χ3v) is 1.14. The monoisotopic (exact) mass is 160 g/mol. The van der Waals surface area contributed by atoms with E-state index in [2.05, 4.69) is 0 Å². The molecule has 0 saturated heterocycles. The zero-order valence-electron chi connectivity index (χ0n) is 7.55. The van der Waals surface area contributed by atoms with Gasteiger partial charge in [0.25, 0.3) is 0 Å². The van der Waals surface area contributed by atoms with Gasteiger partial charge in [-0.25, -0.2) is 4.79 Å². The minimum Gasteiger partial charge on any atom is -0.479 e. The molecule has 0 aromatic heterocycles. The van der Waals surface area contributed by atoms with Crippen LogP contribution < -0.4 is 0 Å². The average molecular weight is 160 g/mol. The Bertz CT molecular complexity index is 135. The smallest absolute Gasteiger partial charge is 0.332 e. The number of hydrogen-bond donors (Lipinski definition) is 1. The van der Waals surface area contributed by atoms with Gasteiger partial charge in [0.1, 0.15) is 0 Å². The average Bonchev–Trinajstić information content (AvgIpc) is 1.80. The van der Waals surface area contributed by atoms with E-state index in [1.165, 1.54) is 0 Å². The quantitative estimate of drug-likeness (QED) is 0.683. The van der Waals surface area contributed by atoms with Crippen LogP contribution in [0.2, 0.25) is 0 Å². The molecule has 1 atom stereocenters. The van der Waals surface area contributed by atoms with Gasteiger partial charge in [0.15, 0.2) is 6.10 Å². The predicted molar refractivity (Wildman–Crippen MR) is 42.6 cm³/mol. The summed E-state index contributed by atoms with van der Waals surface area (Å²) < 4.78 is 5.25. The number of ether oxygens (including phenoxy) is 1. The molecule has 1 N–H and O–H groups in total. The van der Waals surface area contributed by atoms with E-state index in [-0.39, 0.29) is 5.60 Å². The summed E-state index contributed by atoms with van der Waals surface area (Å²) in [6.07, 6.45) is -0.165. The number of carboxylic acids is 1. The molecule has 0 spiro atoms. The van der Waals surface area contributed by atoms with Crippen LogP contribution in [0.4, 0.5) is 0 Å². The van der Waals surface area contributed by atoms with E-state index < -0.39 is 12.1 Å². The van der Waals surface area contributed by atoms with Crippen LogP contribution in [0.1, 0.15) is 34.1 Å². The van der Waals surface area contributed by atoms with Gasteiger partial charge in [0.2, 0.25) is 0 Å². The Kier molecular flexibility index (Phi) is 3.52. The van der Waals surface area contributed by atoms with Gasteiger partial charge in [0, 0.05) is 0 Å². The van der Waals surface area contributed by atoms with Crippen molar-refractivity contribution in [3.63, 3.8) is 0 Å². The number of rotatable bonds is 3. The summed E-state index contributed by atoms with van der Waals surface area (Å²) in [5.41, 5.74) is -0.376. The first-order valence-corrected chi connectivity index (χ1v) is 3.77. The Morgan fingerprint density at radius 3 is 2.09 bits per heavy atom. The molecule has 0 aromatic rings. The van der Waals surface area contributed by atoms with Crippen LogP contribution in [-0.4, -0.2) is 22.8 Å². The second-order valence-electron chi connectivity index (χ2n) is 3.47. The van der Waals surface area contributed by atoms with Crippen molar-refractivity contribution >= 4 is 5.97 Å². The van der Waals surface area contributed by atoms with Gasteiger partial charge in [-0.15, -0.1) is 0 Å². The van der Waals surface area contributed by atoms with Gasteiger partial charge < -0.3 is 9.84 Å². The lowest BCUT2D eigenvalue weighted by molar-refractivity contribution is -0.160. The summed E-state index contributed by atoms with van der Waals surface area (Å²) in [6, 6.07) is 0. The molecule has 0 amide bonds. The molecule has 0 unspecified atom stereocenters. The molecule has 0 fully saturated rings. The number of hydrogen-bond acceptors (Lipinski definition) is 2. The van der Waals surface area contributed by atoms with Crippen LogP contribution in [0.25, 0.3) is 0 Å². The van der Waals surface area contributed by atoms with Gasteiger partial charge in [-0.3, -0.25) is 0 Å². The maximum atomic E-state index is 10.5. The Labute approximate surface area is 67.4 Å². The summed E-state index contributed by atoms with van der Waals surface area (Å²) in [7, 11) is 0. The highest BCUT2D eigenvalue weighted by molar-refractivity contribution is 5.72. The molecular formula is C8H16O3. The van der Waals surface area contributed by atoms with Crippen LogP contribution >= 0.6 is 0 Å². The highest BCUT2D eigenvalue weighted by Crippen LogP contribution is 2.12. The Morgan fingerprint density at radius 2 is 2.00 bits per heavy atom. The van der Waals surface area contributed by atoms with E-state index in [4.69, 9.17) is 9.84 Å². The fraction of sp³-hybridized carbons (Fsp3) is 0.875. The van der Waals surface area contributed by atoms with Crippen LogP contribution in [0, 0.1) is 0 Å². The summed E-state index contributed by atoms with van der Waals surface area (Å²) in [6.45, 7) is 7.33. The van der Waals surface area contributed by atoms with Gasteiger partial charge in [-0.05, 0) is 27.2 Å². The number of aliphatic carboxylic acids is 1. The zero-order valence-corrected chi connectivity index (χ0v) is 7.55. The van der Waals surface area contributed by atoms with Gasteiger partial charge in [0.05, 0.1) is 5.60 Å². The highest BCUT2D eigenvalue weighted by atomic mass is 16.5. The van der Waals surface area contributed by atoms with Crippen molar-refractivity contribution in [2.75, 3.05) is 0 Å². The van der Waals surface area contributed by atoms with E-state index in [1.54, 1.807) is 6.92 Å². The molecular weight excluding hydrogens is 144 g/mol. The van der Waals surface area contributed by atoms with Crippen molar-refractivity contribution in [3.8, 4) is 0 Å². The van der Waals surface area contributed by atoms with Crippen molar-refractivity contribution < 1.29 is 14.6 Å². The first-order chi connectivity index (χ1) is 4.87. The van der Waals surface area contributed by atoms with E-state index in [0.29, 0.717) is 6.42 Å². The van der Waals surface area contributed by atoms with E-state index in [9.17, 15) is 4.79 Å². The summed E-state index contributed by atoms with van der Waals surface area (Å²) in [5, 5.41) is 8.61. The summed E-state index contributed by atoms with van der Waals surface area (Å²) >= 11 is 0. The van der Waals surface area contributed by atoms with Crippen LogP contribution in [0.5, 0.6) is 0 Å². The first kappa shape index (κ1) is 10.4. The normalized spacial score (nSPS) is 14.5. The standard InChI is InChI=1S/C8H16O3/c1-5-6(7(9)10)11-8(2,3)4/h6H,5H2,1-4H3,(H,9,10)/t6-/m0/s1. The molecule has 0 aliphatic heterocycles. The minimum absolute atomic E-state index is 0.376. The SMILES string of the molecule is CC[C@H](OC(C)(C)C)C(=O)O. The van der Waals surface area contributed by atoms with Gasteiger partial charge in [-0.1, -0.05) is 6.92 Å². The first-order valence-electron chi connectivity index (χ1n) is 3.77. The largest absolute Gasteiger partial charge is 0.479 e. The Morgan fingerprint density at radius 1 is 1.55 bits per heavy atom. The molecule has 0 bridgehead atoms. The molecule has 0 saturated carbocycles. The molecule has 0 radical (unpaired) electrons. The molecule has 0 rings (SSSR count). The maximum absolute atomic E-state index is 10.5. The molecule has 0 heterocycles. The highest BCUT2D eigenvalue weighted by Gasteiger charge is 2.22. The third-order valence-electron chi connectivity index (χ3n) is 1.14. The molecule has 66 valence electrons. The summed E-state index contributed by atoms with van der Waals surface area (Å²) in [5.74, 6) is -0.887. The number of carbonyl (C=O) groups is 1.